The number of nitrogens with one attached hydrogen (secondary N) is 1. The quantitative estimate of drug-likeness (QED) is 0.876. The van der Waals surface area contributed by atoms with E-state index in [1.165, 1.54) is 18.4 Å². The summed E-state index contributed by atoms with van der Waals surface area (Å²) in [7, 11) is 0. The van der Waals surface area contributed by atoms with E-state index in [1.807, 2.05) is 6.07 Å². The zero-order valence-electron chi connectivity index (χ0n) is 11.7. The van der Waals surface area contributed by atoms with Gasteiger partial charge in [0.1, 0.15) is 6.07 Å². The molecule has 1 saturated heterocycles. The molecule has 0 amide bonds. The maximum absolute atomic E-state index is 9.57. The van der Waals surface area contributed by atoms with Crippen molar-refractivity contribution in [1.29, 1.82) is 5.26 Å². The molecular weight excluding hydrogens is 250 g/mol. The van der Waals surface area contributed by atoms with Gasteiger partial charge in [0.25, 0.3) is 0 Å². The summed E-state index contributed by atoms with van der Waals surface area (Å²) in [6.07, 6.45) is 3.95. The summed E-state index contributed by atoms with van der Waals surface area (Å²) in [6, 6.07) is 9.16. The Morgan fingerprint density at radius 1 is 1.25 bits per heavy atom. The van der Waals surface area contributed by atoms with E-state index in [4.69, 9.17) is 0 Å². The first-order valence-corrected chi connectivity index (χ1v) is 7.45. The largest absolute Gasteiger partial charge is 0.393 e. The average Bonchev–Trinajstić information content (AvgIpc) is 3.30. The number of benzene rings is 1. The fourth-order valence-corrected chi connectivity index (χ4v) is 2.71. The highest BCUT2D eigenvalue weighted by molar-refractivity contribution is 5.60. The highest BCUT2D eigenvalue weighted by Crippen LogP contribution is 2.25. The van der Waals surface area contributed by atoms with Crippen LogP contribution in [0.2, 0.25) is 0 Å². The Bertz CT molecular complexity index is 511. The molecule has 1 heterocycles. The van der Waals surface area contributed by atoms with Gasteiger partial charge in [0, 0.05) is 25.7 Å². The van der Waals surface area contributed by atoms with E-state index in [0.29, 0.717) is 6.04 Å². The Labute approximate surface area is 120 Å². The number of anilines is 1. The predicted molar refractivity (Wildman–Crippen MR) is 78.5 cm³/mol. The molecular formula is C16H21N3O. The monoisotopic (exact) mass is 271 g/mol. The van der Waals surface area contributed by atoms with Crippen LogP contribution >= 0.6 is 0 Å². The molecule has 2 fully saturated rings. The molecule has 3 rings (SSSR count). The second-order valence-corrected chi connectivity index (χ2v) is 5.84. The summed E-state index contributed by atoms with van der Waals surface area (Å²) >= 11 is 0. The van der Waals surface area contributed by atoms with Crippen molar-refractivity contribution in [1.82, 2.24) is 5.32 Å². The van der Waals surface area contributed by atoms with Crippen LogP contribution in [0.5, 0.6) is 0 Å². The van der Waals surface area contributed by atoms with Gasteiger partial charge in [0.05, 0.1) is 17.4 Å². The number of hydrogen-bond donors (Lipinski definition) is 2. The minimum Gasteiger partial charge on any atom is -0.393 e. The maximum atomic E-state index is 9.57. The Morgan fingerprint density at radius 3 is 2.65 bits per heavy atom. The van der Waals surface area contributed by atoms with Crippen molar-refractivity contribution in [2.24, 2.45) is 0 Å². The fraction of sp³-hybridized carbons (Fsp3) is 0.562. The third kappa shape index (κ3) is 3.12. The van der Waals surface area contributed by atoms with Gasteiger partial charge < -0.3 is 15.3 Å². The molecule has 20 heavy (non-hydrogen) atoms. The van der Waals surface area contributed by atoms with Gasteiger partial charge in [-0.3, -0.25) is 0 Å². The van der Waals surface area contributed by atoms with E-state index in [1.54, 1.807) is 0 Å². The first-order valence-electron chi connectivity index (χ1n) is 7.45. The van der Waals surface area contributed by atoms with Gasteiger partial charge in [-0.2, -0.15) is 5.26 Å². The van der Waals surface area contributed by atoms with Crippen LogP contribution in [0.25, 0.3) is 0 Å². The predicted octanol–water partition coefficient (Wildman–Crippen LogP) is 1.77. The molecule has 1 aromatic rings. The first-order chi connectivity index (χ1) is 9.76. The second-order valence-electron chi connectivity index (χ2n) is 5.84. The molecule has 2 N–H and O–H groups in total. The summed E-state index contributed by atoms with van der Waals surface area (Å²) < 4.78 is 0. The van der Waals surface area contributed by atoms with Gasteiger partial charge in [-0.15, -0.1) is 0 Å². The molecule has 0 bridgehead atoms. The van der Waals surface area contributed by atoms with Crippen molar-refractivity contribution in [3.05, 3.63) is 29.3 Å². The summed E-state index contributed by atoms with van der Waals surface area (Å²) in [6.45, 7) is 2.50. The molecule has 106 valence electrons. The smallest absolute Gasteiger partial charge is 0.101 e. The highest BCUT2D eigenvalue weighted by Gasteiger charge is 2.21. The van der Waals surface area contributed by atoms with E-state index in [9.17, 15) is 10.4 Å². The molecule has 1 saturated carbocycles. The van der Waals surface area contributed by atoms with E-state index < -0.39 is 0 Å². The number of hydrogen-bond acceptors (Lipinski definition) is 4. The molecule has 0 radical (unpaired) electrons. The molecule has 4 heteroatoms. The lowest BCUT2D eigenvalue weighted by atomic mass is 10.0. The Balaban J connectivity index is 1.71. The van der Waals surface area contributed by atoms with E-state index in [0.717, 1.165) is 43.7 Å². The Hall–Kier alpha value is -1.57. The van der Waals surface area contributed by atoms with Crippen LogP contribution in [0.3, 0.4) is 0 Å². The van der Waals surface area contributed by atoms with E-state index in [-0.39, 0.29) is 6.10 Å². The SMILES string of the molecule is N#Cc1cc(CNC2CC2)ccc1N1CCC(O)CC1. The molecule has 2 aliphatic rings. The van der Waals surface area contributed by atoms with Crippen molar-refractivity contribution in [3.63, 3.8) is 0 Å². The van der Waals surface area contributed by atoms with Crippen LogP contribution in [0.15, 0.2) is 18.2 Å². The third-order valence-corrected chi connectivity index (χ3v) is 4.16. The van der Waals surface area contributed by atoms with Crippen molar-refractivity contribution < 1.29 is 5.11 Å². The minimum absolute atomic E-state index is 0.182. The van der Waals surface area contributed by atoms with E-state index in [2.05, 4.69) is 28.4 Å². The summed E-state index contributed by atoms with van der Waals surface area (Å²) in [5.41, 5.74) is 2.93. The lowest BCUT2D eigenvalue weighted by Gasteiger charge is -2.32. The third-order valence-electron chi connectivity index (χ3n) is 4.16. The zero-order valence-corrected chi connectivity index (χ0v) is 11.7. The Morgan fingerprint density at radius 2 is 2.00 bits per heavy atom. The van der Waals surface area contributed by atoms with Crippen LogP contribution in [-0.2, 0) is 6.54 Å². The van der Waals surface area contributed by atoms with Gasteiger partial charge in [-0.25, -0.2) is 0 Å². The molecule has 0 atom stereocenters. The van der Waals surface area contributed by atoms with Gasteiger partial charge in [0.2, 0.25) is 0 Å². The minimum atomic E-state index is -0.182. The van der Waals surface area contributed by atoms with Gasteiger partial charge >= 0.3 is 0 Å². The summed E-state index contributed by atoms with van der Waals surface area (Å²) in [5.74, 6) is 0. The van der Waals surface area contributed by atoms with Gasteiger partial charge in [0.15, 0.2) is 0 Å². The normalized spacial score (nSPS) is 19.9. The van der Waals surface area contributed by atoms with Gasteiger partial charge in [-0.1, -0.05) is 6.07 Å². The van der Waals surface area contributed by atoms with Crippen molar-refractivity contribution in [3.8, 4) is 6.07 Å². The standard InChI is InChI=1S/C16H21N3O/c17-10-13-9-12(11-18-14-2-3-14)1-4-16(13)19-7-5-15(20)6-8-19/h1,4,9,14-15,18,20H,2-3,5-8,11H2. The molecule has 4 nitrogen and oxygen atoms in total. The maximum Gasteiger partial charge on any atom is 0.101 e. The van der Waals surface area contributed by atoms with Crippen LogP contribution < -0.4 is 10.2 Å². The molecule has 0 unspecified atom stereocenters. The van der Waals surface area contributed by atoms with Crippen molar-refractivity contribution in [2.75, 3.05) is 18.0 Å². The fourth-order valence-electron chi connectivity index (χ4n) is 2.71. The van der Waals surface area contributed by atoms with Crippen LogP contribution in [-0.4, -0.2) is 30.3 Å². The van der Waals surface area contributed by atoms with E-state index >= 15 is 0 Å². The summed E-state index contributed by atoms with van der Waals surface area (Å²) in [5, 5.41) is 22.4. The highest BCUT2D eigenvalue weighted by atomic mass is 16.3. The first kappa shape index (κ1) is 13.4. The molecule has 0 aromatic heterocycles. The lowest BCUT2D eigenvalue weighted by Crippen LogP contribution is -2.36. The van der Waals surface area contributed by atoms with Crippen LogP contribution in [0.1, 0.15) is 36.8 Å². The number of aliphatic hydroxyl groups excluding tert-OH is 1. The molecule has 1 aliphatic heterocycles. The molecule has 1 aliphatic carbocycles. The Kier molecular flexibility index (Phi) is 3.90. The second kappa shape index (κ2) is 5.82. The molecule has 0 spiro atoms. The van der Waals surface area contributed by atoms with Gasteiger partial charge in [-0.05, 0) is 43.4 Å². The molecule has 1 aromatic carbocycles. The average molecular weight is 271 g/mol. The van der Waals surface area contributed by atoms with Crippen LogP contribution in [0.4, 0.5) is 5.69 Å². The van der Waals surface area contributed by atoms with Crippen molar-refractivity contribution >= 4 is 5.69 Å². The lowest BCUT2D eigenvalue weighted by molar-refractivity contribution is 0.145. The zero-order chi connectivity index (χ0) is 13.9. The van der Waals surface area contributed by atoms with Crippen LogP contribution in [0, 0.1) is 11.3 Å². The number of aliphatic hydroxyl groups is 1. The van der Waals surface area contributed by atoms with Crippen molar-refractivity contribution in [2.45, 2.75) is 44.4 Å². The number of rotatable bonds is 4. The summed E-state index contributed by atoms with van der Waals surface area (Å²) in [4.78, 5) is 2.21. The number of piperidine rings is 1. The number of nitriles is 1. The topological polar surface area (TPSA) is 59.3 Å². The number of nitrogens with zero attached hydrogens (tertiary/aromatic N) is 2.